The van der Waals surface area contributed by atoms with Crippen LogP contribution in [0.2, 0.25) is 5.15 Å². The molecule has 1 aromatic rings. The Morgan fingerprint density at radius 1 is 1.50 bits per heavy atom. The highest BCUT2D eigenvalue weighted by Gasteiger charge is 2.17. The van der Waals surface area contributed by atoms with Crippen molar-refractivity contribution in [3.8, 4) is 0 Å². The van der Waals surface area contributed by atoms with Crippen LogP contribution >= 0.6 is 11.6 Å². The lowest BCUT2D eigenvalue weighted by Gasteiger charge is -2.23. The Kier molecular flexibility index (Phi) is 4.78. The number of nitrogens with one attached hydrogen (secondary N) is 1. The number of halogens is 1. The molecule has 2 rings (SSSR count). The molecule has 0 spiro atoms. The maximum atomic E-state index is 6.13. The van der Waals surface area contributed by atoms with Crippen LogP contribution in [-0.4, -0.2) is 29.7 Å². The Hall–Kier alpha value is -0.870. The predicted molar refractivity (Wildman–Crippen MR) is 73.2 cm³/mol. The van der Waals surface area contributed by atoms with Crippen LogP contribution in [0.1, 0.15) is 38.2 Å². The van der Waals surface area contributed by atoms with E-state index in [0.717, 1.165) is 37.6 Å². The Bertz CT molecular complexity index is 392. The second kappa shape index (κ2) is 6.34. The first kappa shape index (κ1) is 13.6. The molecule has 0 radical (unpaired) electrons. The summed E-state index contributed by atoms with van der Waals surface area (Å²) in [7, 11) is 0. The van der Waals surface area contributed by atoms with Crippen molar-refractivity contribution >= 4 is 17.4 Å². The third-order valence-corrected chi connectivity index (χ3v) is 3.53. The van der Waals surface area contributed by atoms with E-state index >= 15 is 0 Å². The van der Waals surface area contributed by atoms with Gasteiger partial charge < -0.3 is 10.1 Å². The summed E-state index contributed by atoms with van der Waals surface area (Å²) in [6.45, 7) is 6.81. The monoisotopic (exact) mass is 269 g/mol. The van der Waals surface area contributed by atoms with Gasteiger partial charge >= 0.3 is 0 Å². The normalized spacial score (nSPS) is 20.1. The van der Waals surface area contributed by atoms with Crippen LogP contribution in [-0.2, 0) is 4.74 Å². The largest absolute Gasteiger partial charge is 0.381 e. The van der Waals surface area contributed by atoms with E-state index in [-0.39, 0.29) is 0 Å². The van der Waals surface area contributed by atoms with Crippen molar-refractivity contribution in [1.82, 2.24) is 9.97 Å². The van der Waals surface area contributed by atoms with E-state index in [1.54, 1.807) is 0 Å². The molecule has 1 unspecified atom stereocenters. The van der Waals surface area contributed by atoms with Gasteiger partial charge in [0.2, 0.25) is 0 Å². The van der Waals surface area contributed by atoms with Crippen LogP contribution < -0.4 is 5.32 Å². The molecule has 1 aliphatic heterocycles. The molecule has 1 aliphatic rings. The van der Waals surface area contributed by atoms with Crippen molar-refractivity contribution in [2.75, 3.05) is 25.1 Å². The van der Waals surface area contributed by atoms with E-state index in [1.807, 2.05) is 0 Å². The van der Waals surface area contributed by atoms with Crippen molar-refractivity contribution in [2.45, 2.75) is 32.6 Å². The SMILES string of the molecule is CC(C)c1c(Cl)ncnc1NCC1CCCOC1. The lowest BCUT2D eigenvalue weighted by atomic mass is 10.0. The van der Waals surface area contributed by atoms with Crippen molar-refractivity contribution in [3.05, 3.63) is 17.0 Å². The first-order valence-corrected chi connectivity index (χ1v) is 6.88. The molecule has 1 fully saturated rings. The highest BCUT2D eigenvalue weighted by Crippen LogP contribution is 2.28. The van der Waals surface area contributed by atoms with Crippen molar-refractivity contribution in [2.24, 2.45) is 5.92 Å². The molecule has 1 aromatic heterocycles. The molecule has 0 aliphatic carbocycles. The molecule has 1 N–H and O–H groups in total. The number of hydrogen-bond acceptors (Lipinski definition) is 4. The molecular weight excluding hydrogens is 250 g/mol. The quantitative estimate of drug-likeness (QED) is 0.854. The molecule has 0 amide bonds. The first-order chi connectivity index (χ1) is 8.68. The zero-order valence-electron chi connectivity index (χ0n) is 10.9. The average molecular weight is 270 g/mol. The minimum atomic E-state index is 0.309. The molecular formula is C13H20ClN3O. The second-order valence-corrected chi connectivity index (χ2v) is 5.40. The second-order valence-electron chi connectivity index (χ2n) is 5.05. The third-order valence-electron chi connectivity index (χ3n) is 3.23. The Labute approximate surface area is 113 Å². The van der Waals surface area contributed by atoms with Gasteiger partial charge in [-0.25, -0.2) is 9.97 Å². The maximum absolute atomic E-state index is 6.13. The number of hydrogen-bond donors (Lipinski definition) is 1. The smallest absolute Gasteiger partial charge is 0.138 e. The number of rotatable bonds is 4. The Balaban J connectivity index is 2.02. The molecule has 0 saturated carbocycles. The fraction of sp³-hybridized carbons (Fsp3) is 0.692. The molecule has 100 valence electrons. The van der Waals surface area contributed by atoms with Crippen molar-refractivity contribution < 1.29 is 4.74 Å². The minimum absolute atomic E-state index is 0.309. The van der Waals surface area contributed by atoms with E-state index in [1.165, 1.54) is 12.7 Å². The molecule has 2 heterocycles. The van der Waals surface area contributed by atoms with Gasteiger partial charge in [0.15, 0.2) is 0 Å². The van der Waals surface area contributed by atoms with Gasteiger partial charge in [0.05, 0.1) is 6.61 Å². The van der Waals surface area contributed by atoms with E-state index in [4.69, 9.17) is 16.3 Å². The summed E-state index contributed by atoms with van der Waals surface area (Å²) >= 11 is 6.13. The molecule has 0 aromatic carbocycles. The van der Waals surface area contributed by atoms with Gasteiger partial charge in [-0.1, -0.05) is 25.4 Å². The zero-order chi connectivity index (χ0) is 13.0. The summed E-state index contributed by atoms with van der Waals surface area (Å²) in [4.78, 5) is 8.34. The number of anilines is 1. The lowest BCUT2D eigenvalue weighted by Crippen LogP contribution is -2.25. The molecule has 1 atom stereocenters. The van der Waals surface area contributed by atoms with E-state index in [9.17, 15) is 0 Å². The molecule has 1 saturated heterocycles. The van der Waals surface area contributed by atoms with E-state index in [0.29, 0.717) is 17.0 Å². The average Bonchev–Trinajstić information content (AvgIpc) is 2.37. The topological polar surface area (TPSA) is 47.0 Å². The fourth-order valence-corrected chi connectivity index (χ4v) is 2.59. The van der Waals surface area contributed by atoms with Gasteiger partial charge in [-0.05, 0) is 24.7 Å². The lowest BCUT2D eigenvalue weighted by molar-refractivity contribution is 0.0594. The number of nitrogens with zero attached hydrogens (tertiary/aromatic N) is 2. The number of aromatic nitrogens is 2. The van der Waals surface area contributed by atoms with Gasteiger partial charge in [0.25, 0.3) is 0 Å². The zero-order valence-corrected chi connectivity index (χ0v) is 11.7. The molecule has 5 heteroatoms. The van der Waals surface area contributed by atoms with Crippen LogP contribution in [0.25, 0.3) is 0 Å². The summed E-state index contributed by atoms with van der Waals surface area (Å²) in [5.74, 6) is 1.73. The summed E-state index contributed by atoms with van der Waals surface area (Å²) < 4.78 is 5.47. The maximum Gasteiger partial charge on any atom is 0.138 e. The van der Waals surface area contributed by atoms with Crippen LogP contribution in [0, 0.1) is 5.92 Å². The summed E-state index contributed by atoms with van der Waals surface area (Å²) in [6, 6.07) is 0. The number of ether oxygens (including phenoxy) is 1. The molecule has 0 bridgehead atoms. The summed E-state index contributed by atoms with van der Waals surface area (Å²) in [5.41, 5.74) is 0.996. The van der Waals surface area contributed by atoms with Crippen LogP contribution in [0.3, 0.4) is 0 Å². The van der Waals surface area contributed by atoms with E-state index in [2.05, 4.69) is 29.1 Å². The third kappa shape index (κ3) is 3.33. The fourth-order valence-electron chi connectivity index (χ4n) is 2.24. The van der Waals surface area contributed by atoms with Crippen LogP contribution in [0.4, 0.5) is 5.82 Å². The van der Waals surface area contributed by atoms with Gasteiger partial charge in [0.1, 0.15) is 17.3 Å². The molecule has 4 nitrogen and oxygen atoms in total. The van der Waals surface area contributed by atoms with Gasteiger partial charge in [-0.15, -0.1) is 0 Å². The minimum Gasteiger partial charge on any atom is -0.381 e. The standard InChI is InChI=1S/C13H20ClN3O/c1-9(2)11-12(14)16-8-17-13(11)15-6-10-4-3-5-18-7-10/h8-10H,3-7H2,1-2H3,(H,15,16,17). The summed E-state index contributed by atoms with van der Waals surface area (Å²) in [6.07, 6.45) is 3.87. The van der Waals surface area contributed by atoms with Gasteiger partial charge in [-0.3, -0.25) is 0 Å². The van der Waals surface area contributed by atoms with Gasteiger partial charge in [0, 0.05) is 18.7 Å². The predicted octanol–water partition coefficient (Wildman–Crippen LogP) is 3.09. The Morgan fingerprint density at radius 3 is 3.00 bits per heavy atom. The Morgan fingerprint density at radius 2 is 2.33 bits per heavy atom. The van der Waals surface area contributed by atoms with Crippen LogP contribution in [0.5, 0.6) is 0 Å². The van der Waals surface area contributed by atoms with Crippen LogP contribution in [0.15, 0.2) is 6.33 Å². The highest BCUT2D eigenvalue weighted by molar-refractivity contribution is 6.30. The summed E-state index contributed by atoms with van der Waals surface area (Å²) in [5, 5.41) is 3.93. The van der Waals surface area contributed by atoms with Crippen molar-refractivity contribution in [1.29, 1.82) is 0 Å². The van der Waals surface area contributed by atoms with Crippen molar-refractivity contribution in [3.63, 3.8) is 0 Å². The van der Waals surface area contributed by atoms with Gasteiger partial charge in [-0.2, -0.15) is 0 Å². The molecule has 18 heavy (non-hydrogen) atoms. The first-order valence-electron chi connectivity index (χ1n) is 6.50. The van der Waals surface area contributed by atoms with E-state index < -0.39 is 0 Å². The highest BCUT2D eigenvalue weighted by atomic mass is 35.5.